The zero-order chi connectivity index (χ0) is 17.1. The highest BCUT2D eigenvalue weighted by molar-refractivity contribution is 6.30. The molecule has 1 heterocycles. The van der Waals surface area contributed by atoms with Crippen LogP contribution in [0.15, 0.2) is 49.1 Å². The third-order valence-corrected chi connectivity index (χ3v) is 4.38. The molecule has 4 nitrogen and oxygen atoms in total. The van der Waals surface area contributed by atoms with Crippen molar-refractivity contribution in [3.8, 4) is 5.75 Å². The molecule has 1 aromatic heterocycles. The summed E-state index contributed by atoms with van der Waals surface area (Å²) < 4.78 is 6.06. The van der Waals surface area contributed by atoms with Crippen molar-refractivity contribution in [2.45, 2.75) is 25.0 Å². The quantitative estimate of drug-likeness (QED) is 0.636. The van der Waals surface area contributed by atoms with Crippen LogP contribution in [-0.2, 0) is 4.79 Å². The summed E-state index contributed by atoms with van der Waals surface area (Å²) in [6.07, 6.45) is 2.50. The zero-order valence-corrected chi connectivity index (χ0v) is 14.3. The van der Waals surface area contributed by atoms with Crippen molar-refractivity contribution in [3.63, 3.8) is 0 Å². The van der Waals surface area contributed by atoms with E-state index in [1.165, 1.54) is 6.08 Å². The van der Waals surface area contributed by atoms with E-state index >= 15 is 0 Å². The first-order valence-electron chi connectivity index (χ1n) is 7.58. The lowest BCUT2D eigenvalue weighted by atomic mass is 9.89. The van der Waals surface area contributed by atoms with E-state index in [0.717, 1.165) is 17.7 Å². The molecule has 2 unspecified atom stereocenters. The van der Waals surface area contributed by atoms with Crippen LogP contribution >= 0.6 is 23.2 Å². The van der Waals surface area contributed by atoms with Crippen LogP contribution in [0, 0.1) is 0 Å². The molecule has 124 valence electrons. The van der Waals surface area contributed by atoms with E-state index in [-0.39, 0.29) is 18.1 Å². The minimum Gasteiger partial charge on any atom is -0.484 e. The minimum atomic E-state index is -0.225. The Morgan fingerprint density at radius 1 is 1.21 bits per heavy atom. The second-order valence-corrected chi connectivity index (χ2v) is 6.34. The summed E-state index contributed by atoms with van der Waals surface area (Å²) in [5.41, 5.74) is 1.66. The zero-order valence-electron chi connectivity index (χ0n) is 12.8. The molecule has 1 aliphatic rings. The van der Waals surface area contributed by atoms with Gasteiger partial charge >= 0.3 is 0 Å². The molecule has 3 rings (SSSR count). The van der Waals surface area contributed by atoms with E-state index in [9.17, 15) is 4.79 Å². The fourth-order valence-corrected chi connectivity index (χ4v) is 3.08. The van der Waals surface area contributed by atoms with Gasteiger partial charge < -0.3 is 10.1 Å². The molecule has 1 aromatic carbocycles. The van der Waals surface area contributed by atoms with Crippen molar-refractivity contribution in [1.29, 1.82) is 0 Å². The first-order valence-corrected chi connectivity index (χ1v) is 8.34. The van der Waals surface area contributed by atoms with Crippen LogP contribution < -0.4 is 10.1 Å². The Morgan fingerprint density at radius 2 is 1.96 bits per heavy atom. The van der Waals surface area contributed by atoms with Crippen LogP contribution in [0.3, 0.4) is 0 Å². The average Bonchev–Trinajstić information content (AvgIpc) is 2.58. The van der Waals surface area contributed by atoms with Gasteiger partial charge in [0.25, 0.3) is 0 Å². The Hall–Kier alpha value is -2.04. The van der Waals surface area contributed by atoms with Crippen molar-refractivity contribution in [1.82, 2.24) is 10.3 Å². The van der Waals surface area contributed by atoms with Gasteiger partial charge in [0.1, 0.15) is 17.0 Å². The highest BCUT2D eigenvalue weighted by Crippen LogP contribution is 2.38. The lowest BCUT2D eigenvalue weighted by Gasteiger charge is -2.31. The van der Waals surface area contributed by atoms with Gasteiger partial charge in [-0.1, -0.05) is 35.8 Å². The first-order chi connectivity index (χ1) is 11.6. The number of fused-ring (bicyclic) bond motifs is 1. The maximum absolute atomic E-state index is 11.6. The van der Waals surface area contributed by atoms with Crippen LogP contribution in [0.2, 0.25) is 10.2 Å². The Morgan fingerprint density at radius 3 is 2.67 bits per heavy atom. The SMILES string of the molecule is C=CC(=O)NC1CCC(Oc2ccc(Cl)cc2)c2nc(Cl)ccc21. The van der Waals surface area contributed by atoms with Gasteiger partial charge in [0.05, 0.1) is 11.7 Å². The third-order valence-electron chi connectivity index (χ3n) is 3.92. The number of ether oxygens (including phenoxy) is 1. The van der Waals surface area contributed by atoms with Crippen molar-refractivity contribution in [2.24, 2.45) is 0 Å². The molecular weight excluding hydrogens is 347 g/mol. The number of amides is 1. The number of rotatable bonds is 4. The first kappa shape index (κ1) is 16.8. The third kappa shape index (κ3) is 3.71. The molecule has 0 saturated heterocycles. The lowest BCUT2D eigenvalue weighted by Crippen LogP contribution is -2.32. The monoisotopic (exact) mass is 362 g/mol. The number of pyridine rings is 1. The van der Waals surface area contributed by atoms with Gasteiger partial charge in [-0.05, 0) is 54.8 Å². The molecule has 0 spiro atoms. The molecule has 6 heteroatoms. The van der Waals surface area contributed by atoms with Gasteiger partial charge in [0.2, 0.25) is 5.91 Å². The van der Waals surface area contributed by atoms with Gasteiger partial charge in [-0.15, -0.1) is 0 Å². The number of benzene rings is 1. The summed E-state index contributed by atoms with van der Waals surface area (Å²) in [4.78, 5) is 16.1. The molecule has 1 N–H and O–H groups in total. The van der Waals surface area contributed by atoms with Crippen LogP contribution in [0.5, 0.6) is 5.75 Å². The normalized spacial score (nSPS) is 19.2. The van der Waals surface area contributed by atoms with E-state index in [4.69, 9.17) is 27.9 Å². The highest BCUT2D eigenvalue weighted by Gasteiger charge is 2.30. The number of halogens is 2. The van der Waals surface area contributed by atoms with Crippen LogP contribution in [0.4, 0.5) is 0 Å². The minimum absolute atomic E-state index is 0.125. The predicted molar refractivity (Wildman–Crippen MR) is 94.4 cm³/mol. The second kappa shape index (κ2) is 7.24. The Labute approximate surface area is 150 Å². The molecule has 0 aliphatic heterocycles. The standard InChI is InChI=1S/C18H16Cl2N2O2/c1-2-17(23)21-14-8-9-15(18-13(14)7-10-16(20)22-18)24-12-5-3-11(19)4-6-12/h2-7,10,14-15H,1,8-9H2,(H,21,23). The summed E-state index contributed by atoms with van der Waals surface area (Å²) in [6, 6.07) is 10.7. The summed E-state index contributed by atoms with van der Waals surface area (Å²) >= 11 is 12.0. The van der Waals surface area contributed by atoms with Gasteiger partial charge in [0.15, 0.2) is 0 Å². The molecule has 1 amide bonds. The topological polar surface area (TPSA) is 51.2 Å². The largest absolute Gasteiger partial charge is 0.484 e. The lowest BCUT2D eigenvalue weighted by molar-refractivity contribution is -0.117. The molecule has 0 saturated carbocycles. The van der Waals surface area contributed by atoms with E-state index < -0.39 is 0 Å². The molecule has 0 bridgehead atoms. The molecule has 24 heavy (non-hydrogen) atoms. The van der Waals surface area contributed by atoms with Crippen molar-refractivity contribution in [2.75, 3.05) is 0 Å². The Bertz CT molecular complexity index is 762. The molecule has 0 radical (unpaired) electrons. The maximum atomic E-state index is 11.6. The fraction of sp³-hybridized carbons (Fsp3) is 0.222. The van der Waals surface area contributed by atoms with E-state index in [2.05, 4.69) is 16.9 Å². The Kier molecular flexibility index (Phi) is 5.07. The van der Waals surface area contributed by atoms with Gasteiger partial charge in [-0.25, -0.2) is 4.98 Å². The summed E-state index contributed by atoms with van der Waals surface area (Å²) in [7, 11) is 0. The number of carbonyl (C=O) groups is 1. The van der Waals surface area contributed by atoms with Gasteiger partial charge in [0, 0.05) is 5.02 Å². The number of aromatic nitrogens is 1. The second-order valence-electron chi connectivity index (χ2n) is 5.51. The molecule has 1 aliphatic carbocycles. The number of nitrogens with zero attached hydrogens (tertiary/aromatic N) is 1. The molecular formula is C18H16Cl2N2O2. The number of carbonyl (C=O) groups excluding carboxylic acids is 1. The van der Waals surface area contributed by atoms with Crippen molar-refractivity contribution >= 4 is 29.1 Å². The predicted octanol–water partition coefficient (Wildman–Crippen LogP) is 4.65. The number of nitrogens with one attached hydrogen (secondary N) is 1. The van der Waals surface area contributed by atoms with Gasteiger partial charge in [-0.3, -0.25) is 4.79 Å². The van der Waals surface area contributed by atoms with Gasteiger partial charge in [-0.2, -0.15) is 0 Å². The highest BCUT2D eigenvalue weighted by atomic mass is 35.5. The van der Waals surface area contributed by atoms with Crippen molar-refractivity contribution in [3.05, 3.63) is 70.5 Å². The summed E-state index contributed by atoms with van der Waals surface area (Å²) in [5.74, 6) is 0.503. The van der Waals surface area contributed by atoms with E-state index in [1.807, 2.05) is 18.2 Å². The molecule has 2 aromatic rings. The van der Waals surface area contributed by atoms with E-state index in [0.29, 0.717) is 22.3 Å². The van der Waals surface area contributed by atoms with Crippen LogP contribution in [-0.4, -0.2) is 10.9 Å². The van der Waals surface area contributed by atoms with Crippen LogP contribution in [0.25, 0.3) is 0 Å². The van der Waals surface area contributed by atoms with E-state index in [1.54, 1.807) is 18.2 Å². The number of hydrogen-bond acceptors (Lipinski definition) is 3. The summed E-state index contributed by atoms with van der Waals surface area (Å²) in [5, 5.41) is 3.97. The van der Waals surface area contributed by atoms with Crippen molar-refractivity contribution < 1.29 is 9.53 Å². The Balaban J connectivity index is 1.88. The average molecular weight is 363 g/mol. The smallest absolute Gasteiger partial charge is 0.243 e. The fourth-order valence-electron chi connectivity index (χ4n) is 2.80. The molecule has 2 atom stereocenters. The number of hydrogen-bond donors (Lipinski definition) is 1. The summed E-state index contributed by atoms with van der Waals surface area (Å²) in [6.45, 7) is 3.49. The molecule has 0 fully saturated rings. The maximum Gasteiger partial charge on any atom is 0.243 e. The van der Waals surface area contributed by atoms with Crippen LogP contribution in [0.1, 0.15) is 36.2 Å².